The molecule has 9 nitrogen and oxygen atoms in total. The number of likely N-dealkylation sites (N-methyl/N-ethyl adjacent to an activating group) is 1. The highest BCUT2D eigenvalue weighted by atomic mass is 16.5. The third-order valence-electron chi connectivity index (χ3n) is 7.95. The van der Waals surface area contributed by atoms with Gasteiger partial charge in [0.15, 0.2) is 11.5 Å². The van der Waals surface area contributed by atoms with Crippen LogP contribution in [0.3, 0.4) is 0 Å². The SMILES string of the molecule is COc1cc2c(-c3ccc(NC(=O)Cc4ccc5c(c4)CCO5)cc3)ncnc2cc1OCCCN1CCN(C)CC1. The number of methoxy groups -OCH3 is 1. The highest BCUT2D eigenvalue weighted by Gasteiger charge is 2.16. The van der Waals surface area contributed by atoms with Crippen LogP contribution in [0.5, 0.6) is 17.2 Å². The van der Waals surface area contributed by atoms with Gasteiger partial charge in [-0.05, 0) is 48.9 Å². The van der Waals surface area contributed by atoms with Crippen LogP contribution in [0.2, 0.25) is 0 Å². The van der Waals surface area contributed by atoms with Gasteiger partial charge in [-0.25, -0.2) is 9.97 Å². The van der Waals surface area contributed by atoms with E-state index < -0.39 is 0 Å². The highest BCUT2D eigenvalue weighted by Crippen LogP contribution is 2.36. The zero-order chi connectivity index (χ0) is 28.9. The summed E-state index contributed by atoms with van der Waals surface area (Å²) in [6.07, 6.45) is 3.72. The number of nitrogens with zero attached hydrogens (tertiary/aromatic N) is 4. The van der Waals surface area contributed by atoms with E-state index in [4.69, 9.17) is 14.2 Å². The Morgan fingerprint density at radius 2 is 1.83 bits per heavy atom. The van der Waals surface area contributed by atoms with Crippen LogP contribution in [0.4, 0.5) is 5.69 Å². The van der Waals surface area contributed by atoms with Gasteiger partial charge in [0.2, 0.25) is 5.91 Å². The Bertz CT molecular complexity index is 1550. The summed E-state index contributed by atoms with van der Waals surface area (Å²) >= 11 is 0. The van der Waals surface area contributed by atoms with Crippen molar-refractivity contribution in [3.05, 3.63) is 72.1 Å². The second-order valence-corrected chi connectivity index (χ2v) is 10.9. The number of carbonyl (C=O) groups excluding carboxylic acids is 1. The van der Waals surface area contributed by atoms with Crippen molar-refractivity contribution in [2.24, 2.45) is 0 Å². The molecule has 2 aliphatic rings. The third-order valence-corrected chi connectivity index (χ3v) is 7.95. The van der Waals surface area contributed by atoms with Gasteiger partial charge < -0.3 is 29.3 Å². The zero-order valence-electron chi connectivity index (χ0n) is 24.3. The van der Waals surface area contributed by atoms with Crippen molar-refractivity contribution in [2.45, 2.75) is 19.3 Å². The van der Waals surface area contributed by atoms with E-state index >= 15 is 0 Å². The predicted molar refractivity (Wildman–Crippen MR) is 164 cm³/mol. The molecule has 1 saturated heterocycles. The molecule has 0 aliphatic carbocycles. The first kappa shape index (κ1) is 27.9. The third kappa shape index (κ3) is 6.48. The van der Waals surface area contributed by atoms with E-state index in [0.717, 1.165) is 84.7 Å². The lowest BCUT2D eigenvalue weighted by Gasteiger charge is -2.32. The number of fused-ring (bicyclic) bond motifs is 2. The maximum absolute atomic E-state index is 12.7. The molecule has 1 N–H and O–H groups in total. The van der Waals surface area contributed by atoms with Crippen molar-refractivity contribution in [3.63, 3.8) is 0 Å². The van der Waals surface area contributed by atoms with Gasteiger partial charge in [-0.15, -0.1) is 0 Å². The van der Waals surface area contributed by atoms with Gasteiger partial charge in [0, 0.05) is 61.8 Å². The molecule has 218 valence electrons. The molecule has 9 heteroatoms. The lowest BCUT2D eigenvalue weighted by molar-refractivity contribution is -0.115. The van der Waals surface area contributed by atoms with Crippen molar-refractivity contribution in [3.8, 4) is 28.5 Å². The van der Waals surface area contributed by atoms with E-state index in [9.17, 15) is 4.79 Å². The Kier molecular flexibility index (Phi) is 8.48. The molecule has 0 radical (unpaired) electrons. The summed E-state index contributed by atoms with van der Waals surface area (Å²) in [7, 11) is 3.82. The molecule has 1 aromatic heterocycles. The highest BCUT2D eigenvalue weighted by molar-refractivity contribution is 5.95. The number of piperazine rings is 1. The van der Waals surface area contributed by atoms with E-state index in [1.807, 2.05) is 48.5 Å². The van der Waals surface area contributed by atoms with Crippen LogP contribution in [0.1, 0.15) is 17.5 Å². The average Bonchev–Trinajstić information content (AvgIpc) is 3.48. The largest absolute Gasteiger partial charge is 0.493 e. The first-order valence-electron chi connectivity index (χ1n) is 14.6. The molecular weight excluding hydrogens is 530 g/mol. The number of hydrogen-bond donors (Lipinski definition) is 1. The summed E-state index contributed by atoms with van der Waals surface area (Å²) in [5.74, 6) is 2.20. The molecule has 2 aliphatic heterocycles. The van der Waals surface area contributed by atoms with Crippen LogP contribution in [-0.4, -0.2) is 85.8 Å². The minimum absolute atomic E-state index is 0.0603. The topological polar surface area (TPSA) is 89.0 Å². The average molecular weight is 568 g/mol. The second-order valence-electron chi connectivity index (χ2n) is 10.9. The minimum atomic E-state index is -0.0603. The molecule has 1 fully saturated rings. The lowest BCUT2D eigenvalue weighted by Crippen LogP contribution is -2.44. The second kappa shape index (κ2) is 12.8. The Labute approximate surface area is 246 Å². The number of amides is 1. The lowest BCUT2D eigenvalue weighted by atomic mass is 10.0. The minimum Gasteiger partial charge on any atom is -0.493 e. The van der Waals surface area contributed by atoms with Crippen molar-refractivity contribution < 1.29 is 19.0 Å². The fourth-order valence-electron chi connectivity index (χ4n) is 5.56. The zero-order valence-corrected chi connectivity index (χ0v) is 24.3. The molecule has 0 bridgehead atoms. The monoisotopic (exact) mass is 567 g/mol. The van der Waals surface area contributed by atoms with Crippen LogP contribution in [0.25, 0.3) is 22.2 Å². The van der Waals surface area contributed by atoms with E-state index in [1.165, 1.54) is 5.56 Å². The van der Waals surface area contributed by atoms with Crippen molar-refractivity contribution in [2.75, 3.05) is 65.4 Å². The van der Waals surface area contributed by atoms with Gasteiger partial charge in [-0.2, -0.15) is 0 Å². The van der Waals surface area contributed by atoms with Gasteiger partial charge in [-0.3, -0.25) is 4.79 Å². The number of rotatable bonds is 10. The smallest absolute Gasteiger partial charge is 0.228 e. The maximum Gasteiger partial charge on any atom is 0.228 e. The standard InChI is InChI=1S/C33H37N5O4/c1-37-12-14-38(15-13-37)11-3-16-41-31-21-28-27(20-30(31)40-2)33(35-22-34-28)24-5-7-26(8-6-24)36-32(39)19-23-4-9-29-25(18-23)10-17-42-29/h4-9,18,20-22H,3,10-17,19H2,1-2H3,(H,36,39). The summed E-state index contributed by atoms with van der Waals surface area (Å²) < 4.78 is 17.4. The van der Waals surface area contributed by atoms with Crippen LogP contribution in [0.15, 0.2) is 60.9 Å². The fourth-order valence-corrected chi connectivity index (χ4v) is 5.56. The maximum atomic E-state index is 12.7. The molecule has 1 amide bonds. The van der Waals surface area contributed by atoms with Gasteiger partial charge in [-0.1, -0.05) is 24.3 Å². The summed E-state index contributed by atoms with van der Waals surface area (Å²) in [5, 5.41) is 3.87. The van der Waals surface area contributed by atoms with Gasteiger partial charge in [0.05, 0.1) is 38.0 Å². The quantitative estimate of drug-likeness (QED) is 0.282. The summed E-state index contributed by atoms with van der Waals surface area (Å²) in [5.41, 5.74) is 5.37. The Balaban J connectivity index is 1.10. The number of aromatic nitrogens is 2. The first-order valence-corrected chi connectivity index (χ1v) is 14.6. The van der Waals surface area contributed by atoms with Crippen LogP contribution in [0, 0.1) is 0 Å². The molecule has 0 spiro atoms. The number of nitrogens with one attached hydrogen (secondary N) is 1. The number of anilines is 1. The fraction of sp³-hybridized carbons (Fsp3) is 0.364. The summed E-state index contributed by atoms with van der Waals surface area (Å²) in [4.78, 5) is 26.6. The van der Waals surface area contributed by atoms with E-state index in [-0.39, 0.29) is 5.91 Å². The Morgan fingerprint density at radius 1 is 1.00 bits per heavy atom. The van der Waals surface area contributed by atoms with E-state index in [1.54, 1.807) is 13.4 Å². The Morgan fingerprint density at radius 3 is 2.64 bits per heavy atom. The van der Waals surface area contributed by atoms with E-state index in [0.29, 0.717) is 31.1 Å². The summed E-state index contributed by atoms with van der Waals surface area (Å²) in [6.45, 7) is 6.78. The van der Waals surface area contributed by atoms with Gasteiger partial charge in [0.1, 0.15) is 12.1 Å². The molecule has 3 heterocycles. The molecular formula is C33H37N5O4. The first-order chi connectivity index (χ1) is 20.6. The Hall–Kier alpha value is -4.21. The van der Waals surface area contributed by atoms with E-state index in [2.05, 4.69) is 38.2 Å². The molecule has 3 aromatic carbocycles. The molecule has 6 rings (SSSR count). The van der Waals surface area contributed by atoms with Crippen LogP contribution < -0.4 is 19.5 Å². The molecule has 4 aromatic rings. The van der Waals surface area contributed by atoms with Gasteiger partial charge >= 0.3 is 0 Å². The number of carbonyl (C=O) groups is 1. The molecule has 42 heavy (non-hydrogen) atoms. The van der Waals surface area contributed by atoms with Crippen molar-refractivity contribution in [1.82, 2.24) is 19.8 Å². The number of benzene rings is 3. The molecule has 0 unspecified atom stereocenters. The van der Waals surface area contributed by atoms with Crippen molar-refractivity contribution >= 4 is 22.5 Å². The summed E-state index contributed by atoms with van der Waals surface area (Å²) in [6, 6.07) is 17.5. The van der Waals surface area contributed by atoms with Crippen molar-refractivity contribution in [1.29, 1.82) is 0 Å². The predicted octanol–water partition coefficient (Wildman–Crippen LogP) is 4.44. The molecule has 0 atom stereocenters. The number of ether oxygens (including phenoxy) is 3. The molecule has 0 saturated carbocycles. The normalized spacial score (nSPS) is 15.3. The van der Waals surface area contributed by atoms with Crippen LogP contribution >= 0.6 is 0 Å². The van der Waals surface area contributed by atoms with Gasteiger partial charge in [0.25, 0.3) is 0 Å². The number of hydrogen-bond acceptors (Lipinski definition) is 8. The van der Waals surface area contributed by atoms with Crippen LogP contribution in [-0.2, 0) is 17.6 Å².